The molecule has 35 heavy (non-hydrogen) atoms. The van der Waals surface area contributed by atoms with Gasteiger partial charge in [0.25, 0.3) is 17.4 Å². The van der Waals surface area contributed by atoms with Crippen LogP contribution in [-0.2, 0) is 14.3 Å². The molecular weight excluding hydrogens is 450 g/mol. The number of nitro groups is 1. The van der Waals surface area contributed by atoms with Crippen LogP contribution in [0.2, 0.25) is 0 Å². The van der Waals surface area contributed by atoms with E-state index in [0.29, 0.717) is 12.2 Å². The molecule has 2 aliphatic rings. The SMILES string of the molecule is CCN(CC)c1ccc(C2/C(=C(/O)c3ccc([N+](=O)[O-])cc3)C(=O)C(=O)N2CC2CCCO2)cc1. The highest BCUT2D eigenvalue weighted by Crippen LogP contribution is 2.40. The first-order valence-electron chi connectivity index (χ1n) is 11.8. The largest absolute Gasteiger partial charge is 0.507 e. The maximum absolute atomic E-state index is 13.2. The van der Waals surface area contributed by atoms with Crippen LogP contribution in [0.5, 0.6) is 0 Å². The topological polar surface area (TPSA) is 113 Å². The molecule has 0 radical (unpaired) electrons. The third-order valence-corrected chi connectivity index (χ3v) is 6.65. The molecule has 184 valence electrons. The Bertz CT molecular complexity index is 1130. The van der Waals surface area contributed by atoms with Crippen LogP contribution in [0.3, 0.4) is 0 Å². The summed E-state index contributed by atoms with van der Waals surface area (Å²) in [7, 11) is 0. The van der Waals surface area contributed by atoms with Gasteiger partial charge in [-0.1, -0.05) is 12.1 Å². The predicted octanol–water partition coefficient (Wildman–Crippen LogP) is 4.04. The Labute approximate surface area is 203 Å². The van der Waals surface area contributed by atoms with Crippen LogP contribution in [0.15, 0.2) is 54.1 Å². The second-order valence-corrected chi connectivity index (χ2v) is 8.65. The Kier molecular flexibility index (Phi) is 7.16. The van der Waals surface area contributed by atoms with Crippen molar-refractivity contribution in [2.45, 2.75) is 38.8 Å². The maximum Gasteiger partial charge on any atom is 0.295 e. The van der Waals surface area contributed by atoms with E-state index in [1.54, 1.807) is 0 Å². The molecule has 2 heterocycles. The number of non-ortho nitro benzene ring substituents is 1. The second-order valence-electron chi connectivity index (χ2n) is 8.65. The molecule has 2 saturated heterocycles. The van der Waals surface area contributed by atoms with Crippen molar-refractivity contribution in [2.24, 2.45) is 0 Å². The summed E-state index contributed by atoms with van der Waals surface area (Å²) in [5, 5.41) is 22.1. The van der Waals surface area contributed by atoms with Gasteiger partial charge in [-0.05, 0) is 56.5 Å². The maximum atomic E-state index is 13.2. The van der Waals surface area contributed by atoms with Gasteiger partial charge >= 0.3 is 0 Å². The standard InChI is InChI=1S/C26H29N3O6/c1-3-27(4-2)19-11-7-17(8-12-19)23-22(24(30)18-9-13-20(14-10-18)29(33)34)25(31)26(32)28(23)16-21-6-5-15-35-21/h7-14,21,23,30H,3-6,15-16H2,1-2H3/b24-22-. The van der Waals surface area contributed by atoms with Crippen molar-refractivity contribution < 1.29 is 24.4 Å². The molecule has 2 fully saturated rings. The summed E-state index contributed by atoms with van der Waals surface area (Å²) in [6.45, 7) is 6.67. The number of ether oxygens (including phenoxy) is 1. The predicted molar refractivity (Wildman–Crippen MR) is 131 cm³/mol. The van der Waals surface area contributed by atoms with Gasteiger partial charge in [-0.25, -0.2) is 0 Å². The van der Waals surface area contributed by atoms with E-state index in [-0.39, 0.29) is 35.2 Å². The number of nitro benzene ring substituents is 1. The molecule has 2 aromatic rings. The van der Waals surface area contributed by atoms with Gasteiger partial charge in [0.1, 0.15) is 5.76 Å². The number of hydrogen-bond acceptors (Lipinski definition) is 7. The number of anilines is 1. The van der Waals surface area contributed by atoms with Crippen LogP contribution in [0, 0.1) is 10.1 Å². The first-order chi connectivity index (χ1) is 16.8. The summed E-state index contributed by atoms with van der Waals surface area (Å²) in [6, 6.07) is 12.1. The molecule has 1 amide bonds. The fourth-order valence-corrected chi connectivity index (χ4v) is 4.78. The molecule has 0 aromatic heterocycles. The van der Waals surface area contributed by atoms with E-state index in [0.717, 1.165) is 31.6 Å². The van der Waals surface area contributed by atoms with Crippen molar-refractivity contribution in [3.63, 3.8) is 0 Å². The lowest BCUT2D eigenvalue weighted by Crippen LogP contribution is -2.36. The van der Waals surface area contributed by atoms with Crippen LogP contribution in [0.4, 0.5) is 11.4 Å². The summed E-state index contributed by atoms with van der Waals surface area (Å²) in [4.78, 5) is 40.4. The van der Waals surface area contributed by atoms with Crippen LogP contribution in [0.25, 0.3) is 5.76 Å². The van der Waals surface area contributed by atoms with E-state index in [4.69, 9.17) is 4.74 Å². The van der Waals surface area contributed by atoms with E-state index in [1.165, 1.54) is 29.2 Å². The molecule has 9 heteroatoms. The van der Waals surface area contributed by atoms with Gasteiger partial charge in [0, 0.05) is 49.6 Å². The summed E-state index contributed by atoms with van der Waals surface area (Å²) in [5.41, 5.74) is 1.78. The third-order valence-electron chi connectivity index (χ3n) is 6.65. The minimum Gasteiger partial charge on any atom is -0.507 e. The summed E-state index contributed by atoms with van der Waals surface area (Å²) < 4.78 is 5.72. The number of aliphatic hydroxyl groups is 1. The Hall–Kier alpha value is -3.72. The number of carbonyl (C=O) groups is 2. The number of benzene rings is 2. The van der Waals surface area contributed by atoms with Gasteiger partial charge in [-0.15, -0.1) is 0 Å². The Balaban J connectivity index is 1.78. The second kappa shape index (κ2) is 10.3. The number of ketones is 1. The van der Waals surface area contributed by atoms with Gasteiger partial charge in [0.2, 0.25) is 0 Å². The Morgan fingerprint density at radius 3 is 2.31 bits per heavy atom. The van der Waals surface area contributed by atoms with Gasteiger partial charge in [-0.3, -0.25) is 19.7 Å². The molecule has 0 saturated carbocycles. The van der Waals surface area contributed by atoms with Crippen LogP contribution >= 0.6 is 0 Å². The van der Waals surface area contributed by atoms with Gasteiger partial charge in [-0.2, -0.15) is 0 Å². The van der Waals surface area contributed by atoms with Gasteiger partial charge in [0.15, 0.2) is 0 Å². The summed E-state index contributed by atoms with van der Waals surface area (Å²) >= 11 is 0. The lowest BCUT2D eigenvalue weighted by atomic mass is 9.95. The van der Waals surface area contributed by atoms with Gasteiger partial charge < -0.3 is 19.6 Å². The normalized spacial score (nSPS) is 21.5. The lowest BCUT2D eigenvalue weighted by Gasteiger charge is -2.28. The van der Waals surface area contributed by atoms with E-state index < -0.39 is 22.7 Å². The molecule has 2 aromatic carbocycles. The number of likely N-dealkylation sites (tertiary alicyclic amines) is 1. The zero-order valence-corrected chi connectivity index (χ0v) is 19.8. The minimum atomic E-state index is -0.792. The van der Waals surface area contributed by atoms with E-state index in [9.17, 15) is 24.8 Å². The van der Waals surface area contributed by atoms with E-state index in [1.807, 2.05) is 24.3 Å². The number of carbonyl (C=O) groups excluding carboxylic acids is 2. The molecule has 2 atom stereocenters. The lowest BCUT2D eigenvalue weighted by molar-refractivity contribution is -0.384. The smallest absolute Gasteiger partial charge is 0.295 e. The zero-order valence-electron chi connectivity index (χ0n) is 19.8. The first-order valence-corrected chi connectivity index (χ1v) is 11.8. The molecule has 2 unspecified atom stereocenters. The fourth-order valence-electron chi connectivity index (χ4n) is 4.78. The summed E-state index contributed by atoms with van der Waals surface area (Å²) in [5.74, 6) is -1.83. The van der Waals surface area contributed by atoms with Crippen molar-refractivity contribution >= 4 is 28.8 Å². The molecule has 0 spiro atoms. The summed E-state index contributed by atoms with van der Waals surface area (Å²) in [6.07, 6.45) is 1.50. The molecule has 0 aliphatic carbocycles. The van der Waals surface area contributed by atoms with E-state index in [2.05, 4.69) is 18.7 Å². The molecule has 9 nitrogen and oxygen atoms in total. The number of aliphatic hydroxyl groups excluding tert-OH is 1. The molecule has 4 rings (SSSR count). The molecule has 1 N–H and O–H groups in total. The van der Waals surface area contributed by atoms with Crippen molar-refractivity contribution in [3.05, 3.63) is 75.3 Å². The van der Waals surface area contributed by atoms with Crippen LogP contribution < -0.4 is 4.90 Å². The monoisotopic (exact) mass is 479 g/mol. The van der Waals surface area contributed by atoms with Crippen LogP contribution in [-0.4, -0.2) is 59.0 Å². The number of nitrogens with zero attached hydrogens (tertiary/aromatic N) is 3. The fraction of sp³-hybridized carbons (Fsp3) is 0.385. The molecule has 2 aliphatic heterocycles. The zero-order chi connectivity index (χ0) is 25.1. The number of amides is 1. The highest BCUT2D eigenvalue weighted by molar-refractivity contribution is 6.46. The quantitative estimate of drug-likeness (QED) is 0.200. The Morgan fingerprint density at radius 1 is 1.11 bits per heavy atom. The van der Waals surface area contributed by atoms with Gasteiger partial charge in [0.05, 0.1) is 22.6 Å². The Morgan fingerprint density at radius 2 is 1.77 bits per heavy atom. The van der Waals surface area contributed by atoms with Crippen LogP contribution in [0.1, 0.15) is 43.9 Å². The third kappa shape index (κ3) is 4.77. The highest BCUT2D eigenvalue weighted by atomic mass is 16.6. The minimum absolute atomic E-state index is 0.0301. The number of hydrogen-bond donors (Lipinski definition) is 1. The first kappa shape index (κ1) is 24.4. The van der Waals surface area contributed by atoms with Crippen molar-refractivity contribution in [1.82, 2.24) is 4.90 Å². The van der Waals surface area contributed by atoms with Crippen molar-refractivity contribution in [3.8, 4) is 0 Å². The van der Waals surface area contributed by atoms with E-state index >= 15 is 0 Å². The number of rotatable bonds is 8. The number of Topliss-reactive ketones (excluding diaryl/α,β-unsaturated/α-hetero) is 1. The van der Waals surface area contributed by atoms with Crippen molar-refractivity contribution in [2.75, 3.05) is 31.1 Å². The highest BCUT2D eigenvalue weighted by Gasteiger charge is 2.47. The average molecular weight is 480 g/mol. The average Bonchev–Trinajstić information content (AvgIpc) is 3.47. The molecule has 0 bridgehead atoms. The van der Waals surface area contributed by atoms with Crippen molar-refractivity contribution in [1.29, 1.82) is 0 Å². The molecular formula is C26H29N3O6.